The lowest BCUT2D eigenvalue weighted by molar-refractivity contribution is -0.123. The number of amides is 1. The molecular formula is C18H23N3O2. The smallest absolute Gasteiger partial charge is 0.223 e. The summed E-state index contributed by atoms with van der Waals surface area (Å²) in [5, 5.41) is 11.4. The van der Waals surface area contributed by atoms with Gasteiger partial charge in [0, 0.05) is 22.9 Å². The van der Waals surface area contributed by atoms with E-state index in [9.17, 15) is 4.79 Å². The van der Waals surface area contributed by atoms with Crippen LogP contribution in [0.15, 0.2) is 18.3 Å². The van der Waals surface area contributed by atoms with Crippen molar-refractivity contribution in [1.29, 1.82) is 0 Å². The van der Waals surface area contributed by atoms with E-state index >= 15 is 0 Å². The van der Waals surface area contributed by atoms with Gasteiger partial charge in [-0.1, -0.05) is 0 Å². The van der Waals surface area contributed by atoms with E-state index in [1.165, 1.54) is 0 Å². The molecule has 0 saturated heterocycles. The lowest BCUT2D eigenvalue weighted by atomic mass is 9.92. The predicted octanol–water partition coefficient (Wildman–Crippen LogP) is 3.09. The average Bonchev–Trinajstić information content (AvgIpc) is 3.30. The van der Waals surface area contributed by atoms with E-state index < -0.39 is 0 Å². The van der Waals surface area contributed by atoms with Crippen molar-refractivity contribution in [3.63, 3.8) is 0 Å². The number of fused-ring (bicyclic) bond motifs is 1. The first-order chi connectivity index (χ1) is 11.2. The topological polar surface area (TPSA) is 67.0 Å². The minimum atomic E-state index is 0.243. The van der Waals surface area contributed by atoms with E-state index in [1.807, 2.05) is 18.3 Å². The average molecular weight is 313 g/mol. The molecule has 1 aromatic carbocycles. The third-order valence-corrected chi connectivity index (χ3v) is 5.11. The number of aryl methyl sites for hydroxylation is 1. The van der Waals surface area contributed by atoms with Crippen LogP contribution in [0, 0.1) is 12.8 Å². The van der Waals surface area contributed by atoms with Crippen molar-refractivity contribution in [3.05, 3.63) is 23.9 Å². The molecule has 1 heterocycles. The maximum absolute atomic E-state index is 11.8. The van der Waals surface area contributed by atoms with Gasteiger partial charge >= 0.3 is 0 Å². The number of aromatic nitrogens is 2. The van der Waals surface area contributed by atoms with Crippen molar-refractivity contribution in [2.45, 2.75) is 57.6 Å². The fraction of sp³-hybridized carbons (Fsp3) is 0.556. The van der Waals surface area contributed by atoms with Crippen LogP contribution in [0.5, 0.6) is 5.75 Å². The van der Waals surface area contributed by atoms with Crippen molar-refractivity contribution < 1.29 is 9.53 Å². The molecule has 2 aliphatic carbocycles. The molecule has 2 N–H and O–H groups in total. The van der Waals surface area contributed by atoms with Crippen LogP contribution in [-0.4, -0.2) is 28.3 Å². The second-order valence-electron chi connectivity index (χ2n) is 6.89. The number of aromatic amines is 1. The Bertz CT molecular complexity index is 712. The molecule has 2 fully saturated rings. The number of nitrogens with zero attached hydrogens (tertiary/aromatic N) is 1. The van der Waals surface area contributed by atoms with Gasteiger partial charge in [-0.25, -0.2) is 0 Å². The number of ether oxygens (including phenoxy) is 1. The van der Waals surface area contributed by atoms with Crippen molar-refractivity contribution >= 4 is 16.8 Å². The molecule has 2 saturated carbocycles. The number of benzene rings is 1. The molecule has 5 heteroatoms. The number of hydrogen-bond acceptors (Lipinski definition) is 3. The van der Waals surface area contributed by atoms with Crippen LogP contribution in [0.1, 0.15) is 44.1 Å². The standard InChI is InChI=1S/C18H23N3O2/c1-11-15-10-19-21-16(15)8-9-17(11)23-14-6-4-13(5-7-14)20-18(22)12-2-3-12/h8-10,12-14H,2-7H2,1H3,(H,19,21)(H,20,22)/t13-,14+. The van der Waals surface area contributed by atoms with Gasteiger partial charge < -0.3 is 10.1 Å². The zero-order valence-electron chi connectivity index (χ0n) is 13.5. The molecule has 2 aromatic rings. The van der Waals surface area contributed by atoms with E-state index in [0.717, 1.165) is 60.7 Å². The van der Waals surface area contributed by atoms with Gasteiger partial charge in [-0.2, -0.15) is 5.10 Å². The fourth-order valence-corrected chi connectivity index (χ4v) is 3.44. The van der Waals surface area contributed by atoms with Crippen molar-refractivity contribution in [1.82, 2.24) is 15.5 Å². The minimum absolute atomic E-state index is 0.243. The molecule has 122 valence electrons. The van der Waals surface area contributed by atoms with Crippen LogP contribution in [0.25, 0.3) is 10.9 Å². The van der Waals surface area contributed by atoms with Gasteiger partial charge in [-0.15, -0.1) is 0 Å². The normalized spacial score (nSPS) is 24.6. The van der Waals surface area contributed by atoms with Gasteiger partial charge in [0.15, 0.2) is 0 Å². The Morgan fingerprint density at radius 3 is 2.74 bits per heavy atom. The van der Waals surface area contributed by atoms with Crippen LogP contribution in [0.3, 0.4) is 0 Å². The zero-order valence-corrected chi connectivity index (χ0v) is 13.5. The number of H-pyrrole nitrogens is 1. The molecule has 2 aliphatic rings. The molecule has 0 spiro atoms. The van der Waals surface area contributed by atoms with Crippen molar-refractivity contribution in [2.24, 2.45) is 5.92 Å². The highest BCUT2D eigenvalue weighted by Crippen LogP contribution is 2.31. The summed E-state index contributed by atoms with van der Waals surface area (Å²) < 4.78 is 6.22. The molecule has 1 aromatic heterocycles. The van der Waals surface area contributed by atoms with Gasteiger partial charge in [-0.05, 0) is 57.6 Å². The summed E-state index contributed by atoms with van der Waals surface area (Å²) in [6.07, 6.45) is 8.25. The van der Waals surface area contributed by atoms with Gasteiger partial charge in [0.2, 0.25) is 5.91 Å². The first kappa shape index (κ1) is 14.5. The number of carbonyl (C=O) groups excluding carboxylic acids is 1. The lowest BCUT2D eigenvalue weighted by Gasteiger charge is -2.30. The fourth-order valence-electron chi connectivity index (χ4n) is 3.44. The van der Waals surface area contributed by atoms with Crippen LogP contribution in [0.4, 0.5) is 0 Å². The first-order valence-corrected chi connectivity index (χ1v) is 8.60. The van der Waals surface area contributed by atoms with Gasteiger partial charge in [0.1, 0.15) is 5.75 Å². The summed E-state index contributed by atoms with van der Waals surface area (Å²) in [7, 11) is 0. The Kier molecular flexibility index (Phi) is 3.71. The van der Waals surface area contributed by atoms with E-state index in [0.29, 0.717) is 12.0 Å². The molecular weight excluding hydrogens is 290 g/mol. The van der Waals surface area contributed by atoms with Crippen LogP contribution in [0.2, 0.25) is 0 Å². The van der Waals surface area contributed by atoms with E-state index in [-0.39, 0.29) is 12.0 Å². The van der Waals surface area contributed by atoms with Gasteiger partial charge in [0.25, 0.3) is 0 Å². The number of hydrogen-bond donors (Lipinski definition) is 2. The number of carbonyl (C=O) groups is 1. The Morgan fingerprint density at radius 2 is 2.00 bits per heavy atom. The third-order valence-electron chi connectivity index (χ3n) is 5.11. The molecule has 4 rings (SSSR count). The summed E-state index contributed by atoms with van der Waals surface area (Å²) in [6, 6.07) is 4.38. The largest absolute Gasteiger partial charge is 0.490 e. The highest BCUT2D eigenvalue weighted by molar-refractivity contribution is 5.83. The summed E-state index contributed by atoms with van der Waals surface area (Å²) in [5.41, 5.74) is 2.18. The number of rotatable bonds is 4. The maximum Gasteiger partial charge on any atom is 0.223 e. The van der Waals surface area contributed by atoms with Crippen molar-refractivity contribution in [2.75, 3.05) is 0 Å². The number of nitrogens with one attached hydrogen (secondary N) is 2. The maximum atomic E-state index is 11.8. The Morgan fingerprint density at radius 1 is 1.22 bits per heavy atom. The molecule has 0 bridgehead atoms. The zero-order chi connectivity index (χ0) is 15.8. The lowest BCUT2D eigenvalue weighted by Crippen LogP contribution is -2.40. The SMILES string of the molecule is Cc1c(O[C@H]2CC[C@@H](NC(=O)C3CC3)CC2)ccc2[nH]ncc12. The summed E-state index contributed by atoms with van der Waals surface area (Å²) in [5.74, 6) is 1.51. The third kappa shape index (κ3) is 3.05. The quantitative estimate of drug-likeness (QED) is 0.911. The van der Waals surface area contributed by atoms with E-state index in [4.69, 9.17) is 4.74 Å². The Hall–Kier alpha value is -2.04. The van der Waals surface area contributed by atoms with Gasteiger partial charge in [-0.3, -0.25) is 9.89 Å². The Labute approximate surface area is 135 Å². The van der Waals surface area contributed by atoms with Gasteiger partial charge in [0.05, 0.1) is 17.8 Å². The second kappa shape index (κ2) is 5.87. The van der Waals surface area contributed by atoms with Crippen molar-refractivity contribution in [3.8, 4) is 5.75 Å². The second-order valence-corrected chi connectivity index (χ2v) is 6.89. The van der Waals surface area contributed by atoms with E-state index in [2.05, 4.69) is 22.4 Å². The van der Waals surface area contributed by atoms with Crippen LogP contribution >= 0.6 is 0 Å². The van der Waals surface area contributed by atoms with Crippen LogP contribution < -0.4 is 10.1 Å². The highest BCUT2D eigenvalue weighted by Gasteiger charge is 2.32. The van der Waals surface area contributed by atoms with E-state index in [1.54, 1.807) is 0 Å². The molecule has 0 atom stereocenters. The summed E-state index contributed by atoms with van der Waals surface area (Å²) in [4.78, 5) is 11.8. The summed E-state index contributed by atoms with van der Waals surface area (Å²) >= 11 is 0. The van der Waals surface area contributed by atoms with Crippen LogP contribution in [-0.2, 0) is 4.79 Å². The molecule has 0 aliphatic heterocycles. The molecule has 0 radical (unpaired) electrons. The Balaban J connectivity index is 1.34. The summed E-state index contributed by atoms with van der Waals surface area (Å²) in [6.45, 7) is 2.08. The molecule has 23 heavy (non-hydrogen) atoms. The minimum Gasteiger partial charge on any atom is -0.490 e. The molecule has 0 unspecified atom stereocenters. The predicted molar refractivity (Wildman–Crippen MR) is 88.4 cm³/mol. The first-order valence-electron chi connectivity index (χ1n) is 8.60. The molecule has 5 nitrogen and oxygen atoms in total. The highest BCUT2D eigenvalue weighted by atomic mass is 16.5. The molecule has 1 amide bonds. The monoisotopic (exact) mass is 313 g/mol.